The molecule has 0 spiro atoms. The van der Waals surface area contributed by atoms with E-state index in [2.05, 4.69) is 13.8 Å². The van der Waals surface area contributed by atoms with Gasteiger partial charge in [0.15, 0.2) is 0 Å². The van der Waals surface area contributed by atoms with E-state index >= 15 is 0 Å². The Labute approximate surface area is 111 Å². The quantitative estimate of drug-likeness (QED) is 0.724. The van der Waals surface area contributed by atoms with Gasteiger partial charge in [0.1, 0.15) is 5.82 Å². The Kier molecular flexibility index (Phi) is 6.96. The summed E-state index contributed by atoms with van der Waals surface area (Å²) in [4.78, 5) is 0. The Morgan fingerprint density at radius 3 is 2.50 bits per heavy atom. The number of benzene rings is 1. The number of halogens is 1. The van der Waals surface area contributed by atoms with Gasteiger partial charge in [-0.15, -0.1) is 0 Å². The SMILES string of the molecule is CCCCC(CC)CC(CN)c1ccccc1F. The van der Waals surface area contributed by atoms with Gasteiger partial charge in [-0.3, -0.25) is 0 Å². The molecule has 0 saturated carbocycles. The minimum Gasteiger partial charge on any atom is -0.330 e. The van der Waals surface area contributed by atoms with Crippen LogP contribution in [0.5, 0.6) is 0 Å². The van der Waals surface area contributed by atoms with Gasteiger partial charge in [0, 0.05) is 0 Å². The van der Waals surface area contributed by atoms with Crippen molar-refractivity contribution in [1.29, 1.82) is 0 Å². The van der Waals surface area contributed by atoms with E-state index in [1.807, 2.05) is 12.1 Å². The highest BCUT2D eigenvalue weighted by molar-refractivity contribution is 5.22. The first-order valence-electron chi connectivity index (χ1n) is 7.17. The van der Waals surface area contributed by atoms with Crippen LogP contribution >= 0.6 is 0 Å². The third-order valence-corrected chi connectivity index (χ3v) is 3.79. The van der Waals surface area contributed by atoms with Gasteiger partial charge in [-0.25, -0.2) is 4.39 Å². The molecular weight excluding hydrogens is 225 g/mol. The van der Waals surface area contributed by atoms with E-state index in [1.165, 1.54) is 25.3 Å². The normalized spacial score (nSPS) is 14.4. The Balaban J connectivity index is 2.68. The molecule has 18 heavy (non-hydrogen) atoms. The van der Waals surface area contributed by atoms with Crippen molar-refractivity contribution >= 4 is 0 Å². The summed E-state index contributed by atoms with van der Waals surface area (Å²) in [5.41, 5.74) is 6.63. The summed E-state index contributed by atoms with van der Waals surface area (Å²) in [5.74, 6) is 0.712. The van der Waals surface area contributed by atoms with Crippen LogP contribution in [0.25, 0.3) is 0 Å². The van der Waals surface area contributed by atoms with Crippen LogP contribution in [0.4, 0.5) is 4.39 Å². The van der Waals surface area contributed by atoms with Crippen molar-refractivity contribution in [3.05, 3.63) is 35.6 Å². The molecule has 0 amide bonds. The lowest BCUT2D eigenvalue weighted by Gasteiger charge is -2.22. The molecule has 1 aromatic rings. The highest BCUT2D eigenvalue weighted by atomic mass is 19.1. The van der Waals surface area contributed by atoms with Gasteiger partial charge in [-0.2, -0.15) is 0 Å². The third kappa shape index (κ3) is 4.41. The van der Waals surface area contributed by atoms with Crippen molar-refractivity contribution in [2.75, 3.05) is 6.54 Å². The predicted molar refractivity (Wildman–Crippen MR) is 76.1 cm³/mol. The first-order chi connectivity index (χ1) is 8.72. The van der Waals surface area contributed by atoms with Crippen molar-refractivity contribution in [1.82, 2.24) is 0 Å². The second-order valence-electron chi connectivity index (χ2n) is 5.11. The molecule has 0 fully saturated rings. The van der Waals surface area contributed by atoms with E-state index in [1.54, 1.807) is 6.07 Å². The zero-order valence-corrected chi connectivity index (χ0v) is 11.7. The fourth-order valence-corrected chi connectivity index (χ4v) is 2.54. The molecule has 0 aliphatic carbocycles. The van der Waals surface area contributed by atoms with Crippen LogP contribution in [0.2, 0.25) is 0 Å². The lowest BCUT2D eigenvalue weighted by atomic mass is 9.85. The van der Waals surface area contributed by atoms with Crippen LogP contribution in [0.3, 0.4) is 0 Å². The monoisotopic (exact) mass is 251 g/mol. The van der Waals surface area contributed by atoms with Crippen molar-refractivity contribution in [3.8, 4) is 0 Å². The lowest BCUT2D eigenvalue weighted by Crippen LogP contribution is -2.17. The van der Waals surface area contributed by atoms with Crippen LogP contribution in [-0.4, -0.2) is 6.54 Å². The van der Waals surface area contributed by atoms with E-state index in [0.717, 1.165) is 18.4 Å². The van der Waals surface area contributed by atoms with Gasteiger partial charge < -0.3 is 5.73 Å². The molecule has 0 aliphatic heterocycles. The molecule has 0 bridgehead atoms. The standard InChI is InChI=1S/C16H26FN/c1-3-5-8-13(4-2)11-14(12-18)15-9-6-7-10-16(15)17/h6-7,9-10,13-14H,3-5,8,11-12,18H2,1-2H3. The van der Waals surface area contributed by atoms with Crippen molar-refractivity contribution < 1.29 is 4.39 Å². The summed E-state index contributed by atoms with van der Waals surface area (Å²) in [6.07, 6.45) is 5.88. The maximum atomic E-state index is 13.8. The Bertz CT molecular complexity index is 338. The summed E-state index contributed by atoms with van der Waals surface area (Å²) >= 11 is 0. The van der Waals surface area contributed by atoms with Gasteiger partial charge in [-0.05, 0) is 36.4 Å². The highest BCUT2D eigenvalue weighted by Gasteiger charge is 2.18. The molecule has 0 aromatic heterocycles. The second-order valence-corrected chi connectivity index (χ2v) is 5.11. The molecule has 2 atom stereocenters. The summed E-state index contributed by atoms with van der Waals surface area (Å²) in [5, 5.41) is 0. The fourth-order valence-electron chi connectivity index (χ4n) is 2.54. The summed E-state index contributed by atoms with van der Waals surface area (Å²) in [6, 6.07) is 7.04. The molecule has 2 heteroatoms. The molecule has 0 heterocycles. The summed E-state index contributed by atoms with van der Waals surface area (Å²) in [7, 11) is 0. The molecule has 1 nitrogen and oxygen atoms in total. The minimum atomic E-state index is -0.113. The summed E-state index contributed by atoms with van der Waals surface area (Å²) in [6.45, 7) is 4.96. The van der Waals surface area contributed by atoms with Crippen LogP contribution in [0, 0.1) is 11.7 Å². The Morgan fingerprint density at radius 2 is 1.94 bits per heavy atom. The van der Waals surface area contributed by atoms with Crippen LogP contribution in [-0.2, 0) is 0 Å². The van der Waals surface area contributed by atoms with E-state index in [0.29, 0.717) is 12.5 Å². The number of nitrogens with two attached hydrogens (primary N) is 1. The third-order valence-electron chi connectivity index (χ3n) is 3.79. The van der Waals surface area contributed by atoms with Gasteiger partial charge in [0.25, 0.3) is 0 Å². The van der Waals surface area contributed by atoms with E-state index < -0.39 is 0 Å². The average Bonchev–Trinajstić information content (AvgIpc) is 2.40. The predicted octanol–water partition coefficient (Wildman–Crippen LogP) is 4.47. The molecule has 0 radical (unpaired) electrons. The minimum absolute atomic E-state index is 0.113. The molecule has 1 rings (SSSR count). The first kappa shape index (κ1) is 15.2. The van der Waals surface area contributed by atoms with Gasteiger partial charge >= 0.3 is 0 Å². The largest absolute Gasteiger partial charge is 0.330 e. The number of hydrogen-bond acceptors (Lipinski definition) is 1. The Hall–Kier alpha value is -0.890. The average molecular weight is 251 g/mol. The second kappa shape index (κ2) is 8.25. The molecule has 102 valence electrons. The fraction of sp³-hybridized carbons (Fsp3) is 0.625. The summed E-state index contributed by atoms with van der Waals surface area (Å²) < 4.78 is 13.8. The topological polar surface area (TPSA) is 26.0 Å². The van der Waals surface area contributed by atoms with Crippen LogP contribution in [0.15, 0.2) is 24.3 Å². The van der Waals surface area contributed by atoms with Crippen molar-refractivity contribution in [2.45, 2.75) is 51.9 Å². The maximum Gasteiger partial charge on any atom is 0.126 e. The zero-order valence-electron chi connectivity index (χ0n) is 11.7. The zero-order chi connectivity index (χ0) is 13.4. The number of rotatable bonds is 8. The Morgan fingerprint density at radius 1 is 1.22 bits per heavy atom. The van der Waals surface area contributed by atoms with Crippen LogP contribution < -0.4 is 5.73 Å². The molecule has 0 aliphatic rings. The van der Waals surface area contributed by atoms with E-state index in [4.69, 9.17) is 5.73 Å². The lowest BCUT2D eigenvalue weighted by molar-refractivity contribution is 0.382. The number of hydrogen-bond donors (Lipinski definition) is 1. The van der Waals surface area contributed by atoms with E-state index in [-0.39, 0.29) is 11.7 Å². The molecular formula is C16H26FN. The number of unbranched alkanes of at least 4 members (excludes halogenated alkanes) is 1. The first-order valence-corrected chi connectivity index (χ1v) is 7.17. The molecule has 2 N–H and O–H groups in total. The van der Waals surface area contributed by atoms with Gasteiger partial charge in [0.2, 0.25) is 0 Å². The smallest absolute Gasteiger partial charge is 0.126 e. The van der Waals surface area contributed by atoms with Gasteiger partial charge in [-0.1, -0.05) is 57.7 Å². The van der Waals surface area contributed by atoms with Crippen molar-refractivity contribution in [3.63, 3.8) is 0 Å². The van der Waals surface area contributed by atoms with Gasteiger partial charge in [0.05, 0.1) is 0 Å². The highest BCUT2D eigenvalue weighted by Crippen LogP contribution is 2.29. The molecule has 0 saturated heterocycles. The van der Waals surface area contributed by atoms with Crippen molar-refractivity contribution in [2.24, 2.45) is 11.7 Å². The molecule has 1 aromatic carbocycles. The maximum absolute atomic E-state index is 13.8. The van der Waals surface area contributed by atoms with Crippen LogP contribution in [0.1, 0.15) is 57.4 Å². The van der Waals surface area contributed by atoms with E-state index in [9.17, 15) is 4.39 Å². The molecule has 2 unspecified atom stereocenters.